The highest BCUT2D eigenvalue weighted by molar-refractivity contribution is 7.09. The molecule has 1 aromatic heterocycles. The van der Waals surface area contributed by atoms with Crippen molar-refractivity contribution < 1.29 is 96.9 Å². The second kappa shape index (κ2) is 34.8. The standard InChI is InChI=1S/C67H95N9O19S/c1-12-29-92-49(61-72-44(36-96-61)58(83)70-42(30-39(6)63(87)88)31-40-19-15-14-16-20-40)33-45(37(3)4)74(10)62(86)53(38(5)13-2)73-60(85)47-21-17-18-28-76(47,11)35-41-22-23-48(93-65-56(82)54(80)55(81)57(94-65)64(89)90)43(32-41)71-50(77)26-27-68-59(84)46(75-51(78)24-25-52(75)79)34-69-66(91)95-67(7,8)9/h14-16,19-20,22-25,32,36-39,42,45-47,49,53-57,65,80-82H,12-13,17-18,21,26-31,33-35H2,1-11H3,(H6-,68,69,70,71,73,77,83,84,85,87,88,89,90,91)/p+1/t38-,39-,42+,45+,46-,47+,49+,53-,54-,55-,56+,57-,65+,76?/m0/s1. The van der Waals surface area contributed by atoms with Crippen molar-refractivity contribution in [2.24, 2.45) is 17.8 Å². The van der Waals surface area contributed by atoms with Gasteiger partial charge in [-0.1, -0.05) is 78.3 Å². The van der Waals surface area contributed by atoms with Gasteiger partial charge in [0.2, 0.25) is 24.0 Å². The summed E-state index contributed by atoms with van der Waals surface area (Å²) in [7, 11) is 3.61. The van der Waals surface area contributed by atoms with Gasteiger partial charge in [-0.25, -0.2) is 14.6 Å². The second-order valence-electron chi connectivity index (χ2n) is 26.6. The number of aliphatic carboxylic acids is 2. The summed E-state index contributed by atoms with van der Waals surface area (Å²) in [5.74, 6) is -8.42. The Bertz CT molecular complexity index is 3230. The number of likely N-dealkylation sites (N-methyl/N-ethyl adjacent to an activating group) is 2. The number of nitrogens with one attached hydrogen (secondary N) is 5. The van der Waals surface area contributed by atoms with Crippen molar-refractivity contribution in [3.8, 4) is 5.75 Å². The molecule has 2 fully saturated rings. The second-order valence-corrected chi connectivity index (χ2v) is 27.4. The first-order valence-electron chi connectivity index (χ1n) is 32.6. The molecule has 28 nitrogen and oxygen atoms in total. The molecule has 2 aromatic carbocycles. The average Bonchev–Trinajstić information content (AvgIpc) is 0.914. The van der Waals surface area contributed by atoms with Crippen LogP contribution in [-0.4, -0.2) is 211 Å². The molecule has 29 heteroatoms. The molecule has 0 radical (unpaired) electrons. The van der Waals surface area contributed by atoms with E-state index < -0.39 is 139 Å². The molecule has 3 aliphatic heterocycles. The highest BCUT2D eigenvalue weighted by Crippen LogP contribution is 2.36. The Morgan fingerprint density at radius 3 is 2.19 bits per heavy atom. The topological polar surface area (TPSA) is 388 Å². The van der Waals surface area contributed by atoms with Gasteiger partial charge >= 0.3 is 18.0 Å². The zero-order valence-electron chi connectivity index (χ0n) is 56.5. The molecular formula is C67H96N9O19S+. The van der Waals surface area contributed by atoms with E-state index in [9.17, 15) is 63.9 Å². The predicted octanol–water partition coefficient (Wildman–Crippen LogP) is 4.20. The number of piperidine rings is 1. The van der Waals surface area contributed by atoms with E-state index in [4.69, 9.17) is 23.9 Å². The molecule has 3 aliphatic rings. The number of alkyl carbamates (subject to hydrolysis) is 1. The van der Waals surface area contributed by atoms with Gasteiger partial charge in [-0.2, -0.15) is 0 Å². The molecule has 4 heterocycles. The fourth-order valence-electron chi connectivity index (χ4n) is 11.9. The number of aliphatic hydroxyl groups is 3. The van der Waals surface area contributed by atoms with Gasteiger partial charge in [0.25, 0.3) is 23.6 Å². The lowest BCUT2D eigenvalue weighted by Gasteiger charge is -2.44. The molecule has 3 aromatic rings. The van der Waals surface area contributed by atoms with Gasteiger partial charge in [0.05, 0.1) is 31.7 Å². The summed E-state index contributed by atoms with van der Waals surface area (Å²) in [5.41, 5.74) is 0.656. The normalized spacial score (nSPS) is 22.6. The molecule has 8 amide bonds. The van der Waals surface area contributed by atoms with Crippen LogP contribution in [0.15, 0.2) is 66.1 Å². The fraction of sp³-hybridized carbons (Fsp3) is 0.597. The van der Waals surface area contributed by atoms with Crippen molar-refractivity contribution in [2.45, 2.75) is 199 Å². The number of quaternary nitrogens is 1. The number of carbonyl (C=O) groups is 10. The van der Waals surface area contributed by atoms with Crippen molar-refractivity contribution in [2.75, 3.05) is 45.7 Å². The number of hydrogen-bond acceptors (Lipinski definition) is 19. The van der Waals surface area contributed by atoms with Crippen LogP contribution in [0.1, 0.15) is 146 Å². The molecule has 10 N–H and O–H groups in total. The number of carboxylic acid groups (broad SMARTS) is 2. The molecular weight excluding hydrogens is 1270 g/mol. The average molecular weight is 1360 g/mol. The Morgan fingerprint density at radius 1 is 0.875 bits per heavy atom. The minimum atomic E-state index is -2.04. The summed E-state index contributed by atoms with van der Waals surface area (Å²) < 4.78 is 23.2. The van der Waals surface area contributed by atoms with Crippen molar-refractivity contribution in [3.63, 3.8) is 0 Å². The minimum Gasteiger partial charge on any atom is -0.481 e. The summed E-state index contributed by atoms with van der Waals surface area (Å²) in [5, 5.41) is 67.5. The van der Waals surface area contributed by atoms with E-state index in [2.05, 4.69) is 26.6 Å². The number of aliphatic hydroxyl groups excluding tert-OH is 3. The van der Waals surface area contributed by atoms with Crippen LogP contribution in [0.25, 0.3) is 0 Å². The Kier molecular flexibility index (Phi) is 28.0. The molecule has 0 saturated carbocycles. The number of benzene rings is 2. The number of carbonyl (C=O) groups excluding carboxylic acids is 8. The summed E-state index contributed by atoms with van der Waals surface area (Å²) in [4.78, 5) is 141. The molecule has 14 atom stereocenters. The van der Waals surface area contributed by atoms with Crippen molar-refractivity contribution in [3.05, 3.63) is 87.9 Å². The SMILES string of the molecule is CCCO[C@H](C[C@H](C(C)C)N(C)C(=O)[C@@H](NC(=O)[C@H]1CCCC[N+]1(C)Cc1ccc(O[C@@H]2O[C@H](C(=O)O)[C@@H](O)[C@H](O)[C@H]2O)c(NC(=O)CCNC(=O)[C@H](CNC(=O)OC(C)(C)C)N2C(=O)C=CC2=O)c1)[C@@H](C)CC)c1nc(C(=O)N[C@@H](Cc2ccccc2)C[C@H](C)C(=O)O)cs1. The van der Waals surface area contributed by atoms with Crippen LogP contribution in [0.3, 0.4) is 0 Å². The number of hydrogen-bond donors (Lipinski definition) is 10. The van der Waals surface area contributed by atoms with Crippen LogP contribution in [0.4, 0.5) is 10.5 Å². The van der Waals surface area contributed by atoms with E-state index in [1.54, 1.807) is 51.1 Å². The Balaban J connectivity index is 1.20. The van der Waals surface area contributed by atoms with E-state index in [0.29, 0.717) is 67.1 Å². The van der Waals surface area contributed by atoms with Crippen LogP contribution in [0.2, 0.25) is 0 Å². The number of nitrogens with zero attached hydrogens (tertiary/aromatic N) is 4. The Morgan fingerprint density at radius 2 is 1.56 bits per heavy atom. The van der Waals surface area contributed by atoms with E-state index in [1.165, 1.54) is 23.5 Å². The molecule has 1 unspecified atom stereocenters. The van der Waals surface area contributed by atoms with Gasteiger partial charge in [-0.15, -0.1) is 11.3 Å². The third-order valence-electron chi connectivity index (χ3n) is 17.4. The lowest BCUT2D eigenvalue weighted by molar-refractivity contribution is -0.942. The largest absolute Gasteiger partial charge is 0.481 e. The van der Waals surface area contributed by atoms with Gasteiger partial charge < -0.3 is 80.4 Å². The predicted molar refractivity (Wildman–Crippen MR) is 350 cm³/mol. The fourth-order valence-corrected chi connectivity index (χ4v) is 12.8. The lowest BCUT2D eigenvalue weighted by Crippen LogP contribution is -2.63. The summed E-state index contributed by atoms with van der Waals surface area (Å²) in [6.07, 6.45) is -6.09. The number of amides is 8. The van der Waals surface area contributed by atoms with Crippen LogP contribution in [-0.2, 0) is 65.5 Å². The monoisotopic (exact) mass is 1360 g/mol. The smallest absolute Gasteiger partial charge is 0.407 e. The quantitative estimate of drug-likeness (QED) is 0.0302. The van der Waals surface area contributed by atoms with E-state index >= 15 is 9.59 Å². The van der Waals surface area contributed by atoms with Gasteiger partial charge in [0.1, 0.15) is 65.1 Å². The van der Waals surface area contributed by atoms with Gasteiger partial charge in [0, 0.05) is 74.6 Å². The van der Waals surface area contributed by atoms with Crippen LogP contribution < -0.4 is 31.3 Å². The number of likely N-dealkylation sites (tertiary alicyclic amines) is 1. The molecule has 528 valence electrons. The van der Waals surface area contributed by atoms with Crippen molar-refractivity contribution in [1.82, 2.24) is 36.1 Å². The molecule has 6 rings (SSSR count). The summed E-state index contributed by atoms with van der Waals surface area (Å²) in [6, 6.07) is 9.86. The molecule has 0 spiro atoms. The van der Waals surface area contributed by atoms with Crippen molar-refractivity contribution >= 4 is 76.4 Å². The highest BCUT2D eigenvalue weighted by Gasteiger charge is 2.49. The molecule has 0 aliphatic carbocycles. The van der Waals surface area contributed by atoms with Crippen LogP contribution in [0.5, 0.6) is 5.75 Å². The maximum absolute atomic E-state index is 15.1. The van der Waals surface area contributed by atoms with E-state index in [1.807, 2.05) is 72.0 Å². The van der Waals surface area contributed by atoms with Gasteiger partial charge in [-0.05, 0) is 88.5 Å². The Labute approximate surface area is 563 Å². The number of ether oxygens (including phenoxy) is 4. The molecule has 2 saturated heterocycles. The first-order valence-corrected chi connectivity index (χ1v) is 33.5. The number of thiazole rings is 1. The third-order valence-corrected chi connectivity index (χ3v) is 18.4. The third kappa shape index (κ3) is 21.0. The Hall–Kier alpha value is -7.93. The maximum atomic E-state index is 15.1. The summed E-state index contributed by atoms with van der Waals surface area (Å²) in [6.45, 7) is 16.3. The highest BCUT2D eigenvalue weighted by atomic mass is 32.1. The number of anilines is 1. The number of imide groups is 1. The van der Waals surface area contributed by atoms with Crippen LogP contribution >= 0.6 is 11.3 Å². The zero-order chi connectivity index (χ0) is 70.9. The molecule has 0 bridgehead atoms. The van der Waals surface area contributed by atoms with E-state index in [-0.39, 0.29) is 64.8 Å². The van der Waals surface area contributed by atoms with Gasteiger partial charge in [0.15, 0.2) is 12.1 Å². The van der Waals surface area contributed by atoms with Gasteiger partial charge in [-0.3, -0.25) is 43.3 Å². The van der Waals surface area contributed by atoms with Crippen LogP contribution in [0, 0.1) is 17.8 Å². The minimum absolute atomic E-state index is 0.0591. The zero-order valence-corrected chi connectivity index (χ0v) is 57.3. The maximum Gasteiger partial charge on any atom is 0.407 e. The number of aromatic nitrogens is 1. The lowest BCUT2D eigenvalue weighted by atomic mass is 9.92. The number of carboxylic acids is 2. The van der Waals surface area contributed by atoms with E-state index in [0.717, 1.165) is 24.1 Å². The first-order chi connectivity index (χ1) is 45.2. The van der Waals surface area contributed by atoms with Crippen molar-refractivity contribution in [1.29, 1.82) is 0 Å². The first kappa shape index (κ1) is 77.1. The summed E-state index contributed by atoms with van der Waals surface area (Å²) >= 11 is 1.25. The molecule has 96 heavy (non-hydrogen) atoms. The number of rotatable bonds is 33.